The largest absolute Gasteiger partial charge is 0.0616 e. The van der Waals surface area contributed by atoms with Crippen LogP contribution in [0.2, 0.25) is 0 Å². The van der Waals surface area contributed by atoms with Gasteiger partial charge in [-0.3, -0.25) is 0 Å². The zero-order chi connectivity index (χ0) is 30.7. The van der Waals surface area contributed by atoms with Crippen LogP contribution < -0.4 is 0 Å². The van der Waals surface area contributed by atoms with E-state index < -0.39 is 0 Å². The van der Waals surface area contributed by atoms with Gasteiger partial charge in [-0.05, 0) is 115 Å². The Labute approximate surface area is 274 Å². The summed E-state index contributed by atoms with van der Waals surface area (Å²) in [5.74, 6) is 4.65. The van der Waals surface area contributed by atoms with Crippen molar-refractivity contribution >= 4 is 53.9 Å². The standard InChI is InChI=1S/C18H12.C14H24.C14H10/c1-2-8-14-13(7-1)15-9-3-4-11-17(15)18-12-6-5-10-16(14)18;1-3-7-13-11(5-1)9-10-12-6-2-4-8-14(12)13;1-2-6-12-10-14-8-4-3-7-13(14)9-11(12)5-1/h1-12H;11-14H,1-10H2;1-10H. The minimum Gasteiger partial charge on any atom is -0.0616 e. The summed E-state index contributed by atoms with van der Waals surface area (Å²) in [6.07, 6.45) is 15.7. The van der Waals surface area contributed by atoms with Gasteiger partial charge < -0.3 is 0 Å². The highest BCUT2D eigenvalue weighted by molar-refractivity contribution is 6.25. The molecule has 46 heavy (non-hydrogen) atoms. The Bertz CT molecular complexity index is 1750. The minimum atomic E-state index is 1.16. The fourth-order valence-corrected chi connectivity index (χ4v) is 9.49. The molecule has 0 aliphatic heterocycles. The number of hydrogen-bond donors (Lipinski definition) is 0. The van der Waals surface area contributed by atoms with Gasteiger partial charge in [-0.15, -0.1) is 0 Å². The van der Waals surface area contributed by atoms with Crippen molar-refractivity contribution in [1.82, 2.24) is 0 Å². The summed E-state index contributed by atoms with van der Waals surface area (Å²) >= 11 is 0. The lowest BCUT2D eigenvalue weighted by molar-refractivity contribution is 0.0278. The zero-order valence-electron chi connectivity index (χ0n) is 27.1. The van der Waals surface area contributed by atoms with Crippen molar-refractivity contribution < 1.29 is 0 Å². The van der Waals surface area contributed by atoms with Crippen LogP contribution in [0.25, 0.3) is 53.9 Å². The number of benzene rings is 7. The van der Waals surface area contributed by atoms with Crippen molar-refractivity contribution in [3.05, 3.63) is 133 Å². The molecule has 230 valence electrons. The van der Waals surface area contributed by atoms with Crippen LogP contribution >= 0.6 is 0 Å². The van der Waals surface area contributed by atoms with Gasteiger partial charge in [-0.25, -0.2) is 0 Å². The third kappa shape index (κ3) is 5.79. The summed E-state index contributed by atoms with van der Waals surface area (Å²) in [6.45, 7) is 0. The minimum absolute atomic E-state index is 1.16. The Balaban J connectivity index is 0.000000103. The average molecular weight is 599 g/mol. The molecule has 0 amide bonds. The van der Waals surface area contributed by atoms with E-state index in [9.17, 15) is 0 Å². The van der Waals surface area contributed by atoms with E-state index in [0.29, 0.717) is 0 Å². The Morgan fingerprint density at radius 2 is 0.543 bits per heavy atom. The van der Waals surface area contributed by atoms with Gasteiger partial charge in [0.2, 0.25) is 0 Å². The highest BCUT2D eigenvalue weighted by Crippen LogP contribution is 2.51. The van der Waals surface area contributed by atoms with Gasteiger partial charge in [0.25, 0.3) is 0 Å². The van der Waals surface area contributed by atoms with Crippen LogP contribution in [0, 0.1) is 23.7 Å². The van der Waals surface area contributed by atoms with Crippen LogP contribution in [0.1, 0.15) is 64.2 Å². The lowest BCUT2D eigenvalue weighted by Gasteiger charge is -2.48. The summed E-state index contributed by atoms with van der Waals surface area (Å²) in [7, 11) is 0. The van der Waals surface area contributed by atoms with E-state index in [0.717, 1.165) is 11.8 Å². The fraction of sp³-hybridized carbons (Fsp3) is 0.304. The van der Waals surface area contributed by atoms with E-state index in [1.807, 2.05) is 0 Å². The molecule has 7 aromatic carbocycles. The first-order valence-corrected chi connectivity index (χ1v) is 18.0. The maximum atomic E-state index is 2.24. The molecule has 0 heteroatoms. The van der Waals surface area contributed by atoms with Crippen molar-refractivity contribution in [2.24, 2.45) is 23.7 Å². The topological polar surface area (TPSA) is 0 Å². The van der Waals surface area contributed by atoms with Crippen LogP contribution in [0.5, 0.6) is 0 Å². The van der Waals surface area contributed by atoms with Gasteiger partial charge in [0.1, 0.15) is 0 Å². The van der Waals surface area contributed by atoms with Gasteiger partial charge in [0.15, 0.2) is 0 Å². The normalized spacial score (nSPS) is 22.3. The lowest BCUT2D eigenvalue weighted by Crippen LogP contribution is -2.38. The summed E-state index contributed by atoms with van der Waals surface area (Å²) < 4.78 is 0. The van der Waals surface area contributed by atoms with Gasteiger partial charge in [0, 0.05) is 0 Å². The number of fused-ring (bicyclic) bond motifs is 11. The number of hydrogen-bond acceptors (Lipinski definition) is 0. The van der Waals surface area contributed by atoms with Gasteiger partial charge in [-0.1, -0.05) is 160 Å². The quantitative estimate of drug-likeness (QED) is 0.120. The van der Waals surface area contributed by atoms with E-state index in [1.54, 1.807) is 64.2 Å². The van der Waals surface area contributed by atoms with Crippen molar-refractivity contribution in [2.75, 3.05) is 0 Å². The van der Waals surface area contributed by atoms with Crippen LogP contribution in [0.4, 0.5) is 0 Å². The average Bonchev–Trinajstić information content (AvgIpc) is 3.14. The van der Waals surface area contributed by atoms with Gasteiger partial charge in [-0.2, -0.15) is 0 Å². The molecule has 0 bridgehead atoms. The Kier molecular flexibility index (Phi) is 8.45. The maximum Gasteiger partial charge on any atom is -0.00990 e. The van der Waals surface area contributed by atoms with E-state index in [1.165, 1.54) is 65.7 Å². The molecule has 0 radical (unpaired) electrons. The Morgan fingerprint density at radius 1 is 0.283 bits per heavy atom. The molecule has 0 saturated heterocycles. The van der Waals surface area contributed by atoms with Crippen molar-refractivity contribution in [1.29, 1.82) is 0 Å². The molecule has 4 unspecified atom stereocenters. The highest BCUT2D eigenvalue weighted by atomic mass is 14.5. The van der Waals surface area contributed by atoms with E-state index in [4.69, 9.17) is 0 Å². The maximum absolute atomic E-state index is 2.24. The number of rotatable bonds is 0. The Morgan fingerprint density at radius 3 is 0.848 bits per heavy atom. The third-order valence-corrected chi connectivity index (χ3v) is 11.7. The first-order valence-electron chi connectivity index (χ1n) is 18.0. The highest BCUT2D eigenvalue weighted by Gasteiger charge is 2.40. The van der Waals surface area contributed by atoms with Crippen molar-refractivity contribution in [2.45, 2.75) is 64.2 Å². The second-order valence-electron chi connectivity index (χ2n) is 14.2. The van der Waals surface area contributed by atoms with E-state index in [-0.39, 0.29) is 0 Å². The van der Waals surface area contributed by atoms with E-state index in [2.05, 4.69) is 133 Å². The van der Waals surface area contributed by atoms with Crippen LogP contribution in [0.3, 0.4) is 0 Å². The smallest absolute Gasteiger partial charge is 0.00990 e. The summed E-state index contributed by atoms with van der Waals surface area (Å²) in [5, 5.41) is 13.3. The van der Waals surface area contributed by atoms with Crippen LogP contribution in [-0.2, 0) is 0 Å². The molecule has 0 aromatic heterocycles. The first-order chi connectivity index (χ1) is 22.8. The molecule has 0 N–H and O–H groups in total. The first kappa shape index (κ1) is 29.3. The van der Waals surface area contributed by atoms with E-state index >= 15 is 0 Å². The van der Waals surface area contributed by atoms with Crippen LogP contribution in [-0.4, -0.2) is 0 Å². The molecule has 0 heterocycles. The predicted octanol–water partition coefficient (Wildman–Crippen LogP) is 13.5. The molecule has 3 aliphatic carbocycles. The SMILES string of the molecule is C1CCC2C(C1)CCC1CCCCC12.c1ccc2c(c1)c1ccccc1c1ccccc21.c1ccc2cc3ccccc3cc2c1. The second-order valence-corrected chi connectivity index (χ2v) is 14.2. The van der Waals surface area contributed by atoms with Gasteiger partial charge in [0.05, 0.1) is 0 Å². The monoisotopic (exact) mass is 598 g/mol. The van der Waals surface area contributed by atoms with Crippen LogP contribution in [0.15, 0.2) is 133 Å². The third-order valence-electron chi connectivity index (χ3n) is 11.7. The molecule has 0 nitrogen and oxygen atoms in total. The fourth-order valence-electron chi connectivity index (χ4n) is 9.49. The molecular weight excluding hydrogens is 553 g/mol. The molecule has 3 aliphatic rings. The molecule has 3 fully saturated rings. The molecular formula is C46H46. The molecule has 0 spiro atoms. The molecule has 4 atom stereocenters. The summed E-state index contributed by atoms with van der Waals surface area (Å²) in [6, 6.07) is 47.4. The summed E-state index contributed by atoms with van der Waals surface area (Å²) in [5.41, 5.74) is 0. The Hall–Kier alpha value is -4.16. The predicted molar refractivity (Wildman–Crippen MR) is 201 cm³/mol. The lowest BCUT2D eigenvalue weighted by atomic mass is 9.58. The molecule has 3 saturated carbocycles. The van der Waals surface area contributed by atoms with Crippen molar-refractivity contribution in [3.63, 3.8) is 0 Å². The summed E-state index contributed by atoms with van der Waals surface area (Å²) in [4.78, 5) is 0. The zero-order valence-corrected chi connectivity index (χ0v) is 27.1. The van der Waals surface area contributed by atoms with Crippen molar-refractivity contribution in [3.8, 4) is 0 Å². The second kappa shape index (κ2) is 13.3. The molecule has 10 rings (SSSR count). The molecule has 7 aromatic rings. The van der Waals surface area contributed by atoms with Gasteiger partial charge >= 0.3 is 0 Å².